The summed E-state index contributed by atoms with van der Waals surface area (Å²) in [5.41, 5.74) is 22.6. The van der Waals surface area contributed by atoms with Crippen LogP contribution in [0.15, 0.2) is 44.4 Å². The highest BCUT2D eigenvalue weighted by atomic mass is 32.2. The number of anilines is 1. The van der Waals surface area contributed by atoms with E-state index in [1.54, 1.807) is 0 Å². The van der Waals surface area contributed by atoms with Gasteiger partial charge in [0.05, 0.1) is 31.3 Å². The number of nitrogen functional groups attached to an aromatic ring is 1. The van der Waals surface area contributed by atoms with Crippen molar-refractivity contribution in [1.29, 1.82) is 5.53 Å². The minimum Gasteiger partial charge on any atom is -0.382 e. The van der Waals surface area contributed by atoms with Gasteiger partial charge in [-0.1, -0.05) is 28.7 Å². The average molecular weight is 535 g/mol. The first kappa shape index (κ1) is 25.6. The predicted octanol–water partition coefficient (Wildman–Crippen LogP) is 1.93. The predicted molar refractivity (Wildman–Crippen MR) is 122 cm³/mol. The van der Waals surface area contributed by atoms with Crippen molar-refractivity contribution in [3.63, 3.8) is 0 Å². The fourth-order valence-corrected chi connectivity index (χ4v) is 6.71. The molecule has 0 amide bonds. The van der Waals surface area contributed by atoms with E-state index in [1.165, 1.54) is 6.07 Å². The normalized spacial score (nSPS) is 13.9. The summed E-state index contributed by atoms with van der Waals surface area (Å²) in [6.45, 7) is -0.251. The molecule has 0 saturated heterocycles. The fourth-order valence-electron chi connectivity index (χ4n) is 3.32. The Morgan fingerprint density at radius 2 is 1.85 bits per heavy atom. The molecule has 34 heavy (non-hydrogen) atoms. The molecule has 1 aromatic heterocycles. The second kappa shape index (κ2) is 9.34. The van der Waals surface area contributed by atoms with Gasteiger partial charge < -0.3 is 17.2 Å². The van der Waals surface area contributed by atoms with Crippen LogP contribution in [-0.2, 0) is 27.0 Å². The Hall–Kier alpha value is -2.99. The zero-order chi connectivity index (χ0) is 25.4. The number of aromatic nitrogens is 1. The Labute approximate surface area is 197 Å². The number of halogens is 3. The number of rotatable bonds is 7. The van der Waals surface area contributed by atoms with E-state index < -0.39 is 53.9 Å². The molecule has 0 spiro atoms. The van der Waals surface area contributed by atoms with Crippen LogP contribution >= 0.6 is 11.3 Å². The lowest BCUT2D eigenvalue weighted by molar-refractivity contribution is -0.136. The second-order valence-electron chi connectivity index (χ2n) is 6.69. The van der Waals surface area contributed by atoms with Crippen LogP contribution in [0.4, 0.5) is 18.3 Å². The summed E-state index contributed by atoms with van der Waals surface area (Å²) in [6.07, 6.45) is -4.70. The summed E-state index contributed by atoms with van der Waals surface area (Å²) < 4.78 is 78.3. The van der Waals surface area contributed by atoms with Gasteiger partial charge in [-0.15, -0.1) is 5.10 Å². The molecular weight excluding hydrogens is 517 g/mol. The van der Waals surface area contributed by atoms with E-state index in [1.807, 2.05) is 0 Å². The number of fused-ring (bicyclic) bond motifs is 1. The minimum atomic E-state index is -4.70. The number of sulfone groups is 1. The van der Waals surface area contributed by atoms with Crippen LogP contribution in [0, 0.1) is 5.53 Å². The van der Waals surface area contributed by atoms with Crippen molar-refractivity contribution >= 4 is 53.3 Å². The van der Waals surface area contributed by atoms with Crippen molar-refractivity contribution in [3.05, 3.63) is 35.4 Å². The Morgan fingerprint density at radius 3 is 2.41 bits per heavy atom. The molecule has 11 nitrogen and oxygen atoms in total. The maximum atomic E-state index is 13.5. The average Bonchev–Trinajstić information content (AvgIpc) is 3.12. The second-order valence-corrected chi connectivity index (χ2v) is 10.8. The lowest BCUT2D eigenvalue weighted by Crippen LogP contribution is -2.24. The van der Waals surface area contributed by atoms with E-state index in [9.17, 15) is 25.8 Å². The van der Waals surface area contributed by atoms with E-state index in [4.69, 9.17) is 27.9 Å². The van der Waals surface area contributed by atoms with Crippen LogP contribution < -0.4 is 22.3 Å². The molecule has 0 aliphatic rings. The highest BCUT2D eigenvalue weighted by molar-refractivity contribution is 7.92. The van der Waals surface area contributed by atoms with Crippen LogP contribution in [0.5, 0.6) is 0 Å². The number of nitrogens with zero attached hydrogens (tertiary/aromatic N) is 3. The molecule has 1 unspecified atom stereocenters. The third kappa shape index (κ3) is 4.64. The van der Waals surface area contributed by atoms with Gasteiger partial charge in [0.15, 0.2) is 20.8 Å². The van der Waals surface area contributed by atoms with Crippen molar-refractivity contribution < 1.29 is 25.8 Å². The van der Waals surface area contributed by atoms with Crippen LogP contribution in [0.25, 0.3) is 21.3 Å². The zero-order valence-electron chi connectivity index (χ0n) is 17.0. The minimum absolute atomic E-state index is 0.00872. The molecule has 0 saturated carbocycles. The number of benzene rings is 2. The topological polar surface area (TPSA) is 217 Å². The molecule has 0 aliphatic heterocycles. The van der Waals surface area contributed by atoms with Crippen LogP contribution in [0.3, 0.4) is 0 Å². The van der Waals surface area contributed by atoms with Crippen LogP contribution in [0.2, 0.25) is 0 Å². The Morgan fingerprint density at radius 1 is 1.21 bits per heavy atom. The molecule has 0 aliphatic carbocycles. The standard InChI is InChI=1S/C17H17F3N8O3S3/c18-17(19,20)9-3-1-8(12-13(9)32-16(23)26-12)7-2-4-10(34(30,31)6-5-21)14(33(25)29)11(7)15(22)27-28-24/h1-4H,5-6,21,25H2,(H2,23,26)(H3,22,24,27). The van der Waals surface area contributed by atoms with Gasteiger partial charge >= 0.3 is 6.18 Å². The summed E-state index contributed by atoms with van der Waals surface area (Å²) in [4.78, 5) is 3.08. The van der Waals surface area contributed by atoms with Gasteiger partial charge in [-0.05, 0) is 17.7 Å². The first-order chi connectivity index (χ1) is 15.8. The Kier molecular flexibility index (Phi) is 7.04. The van der Waals surface area contributed by atoms with Gasteiger partial charge in [-0.25, -0.2) is 22.7 Å². The SMILES string of the molecule is N=N/N=C(\N)c1c(-c2ccc(C(F)(F)F)c3sc(N)nc23)ccc(S(=O)(=O)CCN)c1S(N)=O. The smallest absolute Gasteiger partial charge is 0.382 e. The van der Waals surface area contributed by atoms with Crippen molar-refractivity contribution in [2.75, 3.05) is 18.0 Å². The highest BCUT2D eigenvalue weighted by Crippen LogP contribution is 2.43. The third-order valence-electron chi connectivity index (χ3n) is 4.61. The molecule has 1 heterocycles. The number of alkyl halides is 3. The van der Waals surface area contributed by atoms with Crippen molar-refractivity contribution in [3.8, 4) is 11.1 Å². The number of nitrogens with two attached hydrogens (primary N) is 4. The highest BCUT2D eigenvalue weighted by Gasteiger charge is 2.35. The lowest BCUT2D eigenvalue weighted by atomic mass is 9.96. The van der Waals surface area contributed by atoms with E-state index in [-0.39, 0.29) is 38.6 Å². The number of hydrogen-bond acceptors (Lipinski definition) is 9. The van der Waals surface area contributed by atoms with Gasteiger partial charge in [0, 0.05) is 17.7 Å². The molecule has 182 valence electrons. The monoisotopic (exact) mass is 534 g/mol. The zero-order valence-corrected chi connectivity index (χ0v) is 19.4. The third-order valence-corrected chi connectivity index (χ3v) is 8.27. The van der Waals surface area contributed by atoms with Crippen molar-refractivity contribution in [2.45, 2.75) is 16.0 Å². The number of nitrogens with one attached hydrogen (secondary N) is 1. The van der Waals surface area contributed by atoms with E-state index in [2.05, 4.69) is 15.3 Å². The summed E-state index contributed by atoms with van der Waals surface area (Å²) >= 11 is 0.606. The fraction of sp³-hybridized carbons (Fsp3) is 0.176. The molecule has 0 radical (unpaired) electrons. The van der Waals surface area contributed by atoms with Gasteiger partial charge in [-0.3, -0.25) is 0 Å². The van der Waals surface area contributed by atoms with E-state index in [0.717, 1.165) is 18.2 Å². The molecular formula is C17H17F3N8O3S3. The molecule has 3 rings (SSSR count). The van der Waals surface area contributed by atoms with E-state index in [0.29, 0.717) is 11.3 Å². The van der Waals surface area contributed by atoms with Gasteiger partial charge in [0.25, 0.3) is 0 Å². The van der Waals surface area contributed by atoms with Crippen LogP contribution in [0.1, 0.15) is 11.1 Å². The van der Waals surface area contributed by atoms with Gasteiger partial charge in [-0.2, -0.15) is 18.7 Å². The summed E-state index contributed by atoms with van der Waals surface area (Å²) in [6, 6.07) is 4.22. The molecule has 1 atom stereocenters. The molecule has 0 fully saturated rings. The quantitative estimate of drug-likeness (QED) is 0.131. The molecule has 9 N–H and O–H groups in total. The molecule has 0 bridgehead atoms. The number of thiazole rings is 1. The maximum absolute atomic E-state index is 13.5. The van der Waals surface area contributed by atoms with Gasteiger partial charge in [0.1, 0.15) is 11.0 Å². The van der Waals surface area contributed by atoms with Crippen molar-refractivity contribution in [2.24, 2.45) is 26.9 Å². The molecule has 2 aromatic carbocycles. The first-order valence-corrected chi connectivity index (χ1v) is 12.7. The largest absolute Gasteiger partial charge is 0.417 e. The first-order valence-electron chi connectivity index (χ1n) is 9.06. The Bertz CT molecular complexity index is 1450. The van der Waals surface area contributed by atoms with Crippen molar-refractivity contribution in [1.82, 2.24) is 4.98 Å². The maximum Gasteiger partial charge on any atom is 0.417 e. The summed E-state index contributed by atoms with van der Waals surface area (Å²) in [7, 11) is -6.55. The summed E-state index contributed by atoms with van der Waals surface area (Å²) in [5.74, 6) is -1.05. The molecule has 3 aromatic rings. The lowest BCUT2D eigenvalue weighted by Gasteiger charge is -2.18. The van der Waals surface area contributed by atoms with Gasteiger partial charge in [0.2, 0.25) is 0 Å². The Balaban J connectivity index is 2.51. The number of hydrogen-bond donors (Lipinski definition) is 5. The van der Waals surface area contributed by atoms with Crippen LogP contribution in [-0.4, -0.2) is 35.7 Å². The molecule has 17 heteroatoms. The van der Waals surface area contributed by atoms with E-state index >= 15 is 0 Å². The summed E-state index contributed by atoms with van der Waals surface area (Å²) in [5, 5.41) is 11.6. The number of amidine groups is 1.